The van der Waals surface area contributed by atoms with Crippen LogP contribution in [0.5, 0.6) is 23.0 Å². The van der Waals surface area contributed by atoms with E-state index in [4.69, 9.17) is 23.5 Å². The molecule has 0 aliphatic rings. The van der Waals surface area contributed by atoms with Gasteiger partial charge in [-0.15, -0.1) is 0 Å². The topological polar surface area (TPSA) is 120 Å². The van der Waals surface area contributed by atoms with Crippen molar-refractivity contribution in [3.05, 3.63) is 36.6 Å². The van der Waals surface area contributed by atoms with Gasteiger partial charge in [-0.3, -0.25) is 0 Å². The van der Waals surface area contributed by atoms with E-state index in [-0.39, 0.29) is 0 Å². The van der Waals surface area contributed by atoms with Crippen LogP contribution >= 0.6 is 18.2 Å². The Balaban J connectivity index is 2.13. The average molecular weight is 453 g/mol. The molecule has 0 saturated heterocycles. The minimum Gasteiger partial charge on any atom is -0.496 e. The third-order valence-electron chi connectivity index (χ3n) is 4.20. The molecule has 3 rings (SSSR count). The summed E-state index contributed by atoms with van der Waals surface area (Å²) in [6.45, 7) is -4.37. The fourth-order valence-electron chi connectivity index (χ4n) is 2.91. The molecule has 9 nitrogen and oxygen atoms in total. The van der Waals surface area contributed by atoms with Crippen molar-refractivity contribution in [2.45, 2.75) is 4.90 Å². The average Bonchev–Trinajstić information content (AvgIpc) is 3.21. The van der Waals surface area contributed by atoms with Crippen LogP contribution in [0.25, 0.3) is 22.4 Å². The van der Waals surface area contributed by atoms with Crippen LogP contribution in [0.3, 0.4) is 0 Å². The number of ether oxygens (including phenoxy) is 4. The van der Waals surface area contributed by atoms with Crippen LogP contribution in [0.4, 0.5) is 0 Å². The van der Waals surface area contributed by atoms with E-state index in [1.165, 1.54) is 34.7 Å². The zero-order chi connectivity index (χ0) is 21.9. The summed E-state index contributed by atoms with van der Waals surface area (Å²) in [4.78, 5) is 19.0. The summed E-state index contributed by atoms with van der Waals surface area (Å²) in [7, 11) is 5.97. The van der Waals surface area contributed by atoms with Crippen molar-refractivity contribution >= 4 is 18.2 Å². The number of hydrogen-bond acceptors (Lipinski definition) is 8. The maximum Gasteiger partial charge on any atom is 0.388 e. The lowest BCUT2D eigenvalue weighted by Crippen LogP contribution is -1.96. The molecule has 160 valence electrons. The maximum absolute atomic E-state index is 11.5. The van der Waals surface area contributed by atoms with E-state index in [1.54, 1.807) is 30.3 Å². The highest BCUT2D eigenvalue weighted by Crippen LogP contribution is 2.57. The molecule has 11 heteroatoms. The SMILES string of the molecule is COc1ccc(-c2conc2-c2cc(OC)c(OC)c(OC)c2)cc1SP(=O)(O)O. The Morgan fingerprint density at radius 1 is 0.900 bits per heavy atom. The molecule has 0 aliphatic heterocycles. The predicted molar refractivity (Wildman–Crippen MR) is 111 cm³/mol. The zero-order valence-corrected chi connectivity index (χ0v) is 18.3. The summed E-state index contributed by atoms with van der Waals surface area (Å²) in [5, 5.41) is 4.10. The second-order valence-electron chi connectivity index (χ2n) is 5.94. The molecular weight excluding hydrogens is 433 g/mol. The van der Waals surface area contributed by atoms with E-state index in [9.17, 15) is 14.4 Å². The molecule has 1 aromatic heterocycles. The van der Waals surface area contributed by atoms with Crippen LogP contribution in [-0.2, 0) is 4.57 Å². The predicted octanol–water partition coefficient (Wildman–Crippen LogP) is 4.23. The van der Waals surface area contributed by atoms with Crippen molar-refractivity contribution in [2.75, 3.05) is 28.4 Å². The Morgan fingerprint density at radius 3 is 2.07 bits per heavy atom. The van der Waals surface area contributed by atoms with Gasteiger partial charge in [0.05, 0.1) is 33.3 Å². The van der Waals surface area contributed by atoms with Crippen LogP contribution in [0.15, 0.2) is 46.0 Å². The second kappa shape index (κ2) is 9.01. The Morgan fingerprint density at radius 2 is 1.53 bits per heavy atom. The van der Waals surface area contributed by atoms with Crippen molar-refractivity contribution in [1.29, 1.82) is 0 Å². The Labute approximate surface area is 176 Å². The lowest BCUT2D eigenvalue weighted by atomic mass is 10.0. The summed E-state index contributed by atoms with van der Waals surface area (Å²) < 4.78 is 38.0. The van der Waals surface area contributed by atoms with Gasteiger partial charge in [-0.1, -0.05) is 11.2 Å². The Hall–Kier alpha value is -2.65. The first-order valence-electron chi connectivity index (χ1n) is 8.49. The summed E-state index contributed by atoms with van der Waals surface area (Å²) in [5.74, 6) is 1.69. The smallest absolute Gasteiger partial charge is 0.388 e. The van der Waals surface area contributed by atoms with Gasteiger partial charge >= 0.3 is 6.80 Å². The van der Waals surface area contributed by atoms with E-state index < -0.39 is 6.80 Å². The van der Waals surface area contributed by atoms with E-state index in [1.807, 2.05) is 0 Å². The van der Waals surface area contributed by atoms with Gasteiger partial charge in [0.15, 0.2) is 11.5 Å². The molecule has 0 fully saturated rings. The highest BCUT2D eigenvalue weighted by Gasteiger charge is 2.22. The number of hydrogen-bond donors (Lipinski definition) is 2. The van der Waals surface area contributed by atoms with E-state index in [2.05, 4.69) is 5.16 Å². The third-order valence-corrected chi connectivity index (χ3v) is 6.26. The molecule has 0 radical (unpaired) electrons. The van der Waals surface area contributed by atoms with Gasteiger partial charge in [0.25, 0.3) is 0 Å². The Bertz CT molecular complexity index is 1070. The number of rotatable bonds is 8. The number of methoxy groups -OCH3 is 4. The quantitative estimate of drug-likeness (QED) is 0.479. The van der Waals surface area contributed by atoms with Crippen molar-refractivity contribution in [1.82, 2.24) is 5.16 Å². The first-order valence-corrected chi connectivity index (χ1v) is 11.5. The molecule has 3 aromatic rings. The van der Waals surface area contributed by atoms with E-state index in [0.29, 0.717) is 61.7 Å². The highest BCUT2D eigenvalue weighted by atomic mass is 32.7. The normalized spacial score (nSPS) is 11.3. The van der Waals surface area contributed by atoms with Gasteiger partial charge in [0.1, 0.15) is 17.7 Å². The molecule has 0 amide bonds. The molecule has 2 aromatic carbocycles. The minimum absolute atomic E-state index is 0.292. The van der Waals surface area contributed by atoms with Crippen LogP contribution in [0.2, 0.25) is 0 Å². The summed E-state index contributed by atoms with van der Waals surface area (Å²) >= 11 is 0.416. The largest absolute Gasteiger partial charge is 0.496 e. The molecule has 30 heavy (non-hydrogen) atoms. The van der Waals surface area contributed by atoms with Gasteiger partial charge in [-0.05, 0) is 41.2 Å². The van der Waals surface area contributed by atoms with Crippen LogP contribution in [-0.4, -0.2) is 43.4 Å². The van der Waals surface area contributed by atoms with Crippen LogP contribution in [0, 0.1) is 0 Å². The van der Waals surface area contributed by atoms with Crippen molar-refractivity contribution < 1.29 is 37.8 Å². The minimum atomic E-state index is -4.37. The van der Waals surface area contributed by atoms with Crippen LogP contribution in [0.1, 0.15) is 0 Å². The monoisotopic (exact) mass is 453 g/mol. The van der Waals surface area contributed by atoms with Crippen LogP contribution < -0.4 is 18.9 Å². The molecular formula is C19H20NO8PS. The number of aromatic nitrogens is 1. The first kappa shape index (κ1) is 22.0. The van der Waals surface area contributed by atoms with Gasteiger partial charge in [0, 0.05) is 11.1 Å². The summed E-state index contributed by atoms with van der Waals surface area (Å²) in [6.07, 6.45) is 1.45. The molecule has 2 N–H and O–H groups in total. The van der Waals surface area contributed by atoms with E-state index in [0.717, 1.165) is 0 Å². The van der Waals surface area contributed by atoms with Crippen molar-refractivity contribution in [3.8, 4) is 45.4 Å². The maximum atomic E-state index is 11.5. The van der Waals surface area contributed by atoms with Gasteiger partial charge in [-0.2, -0.15) is 0 Å². The van der Waals surface area contributed by atoms with Gasteiger partial charge in [-0.25, -0.2) is 4.57 Å². The molecule has 0 spiro atoms. The molecule has 0 bridgehead atoms. The van der Waals surface area contributed by atoms with E-state index >= 15 is 0 Å². The number of nitrogens with zero attached hydrogens (tertiary/aromatic N) is 1. The van der Waals surface area contributed by atoms with Gasteiger partial charge in [0.2, 0.25) is 5.75 Å². The standard InChI is InChI=1S/C19H20NO8PS/c1-24-14-6-5-11(9-17(14)30-29(21,22)23)13-10-28-20-18(13)12-7-15(25-2)19(27-4)16(8-12)26-3/h5-10H,1-4H3,(H2,21,22,23). The highest BCUT2D eigenvalue weighted by molar-refractivity contribution is 8.54. The molecule has 1 heterocycles. The zero-order valence-electron chi connectivity index (χ0n) is 16.6. The van der Waals surface area contributed by atoms with Crippen molar-refractivity contribution in [2.24, 2.45) is 0 Å². The molecule has 0 saturated carbocycles. The fourth-order valence-corrected chi connectivity index (χ4v) is 4.79. The van der Waals surface area contributed by atoms with Gasteiger partial charge < -0.3 is 33.3 Å². The third kappa shape index (κ3) is 4.57. The second-order valence-corrected chi connectivity index (χ2v) is 9.52. The molecule has 0 aliphatic carbocycles. The summed E-state index contributed by atoms with van der Waals surface area (Å²) in [5.41, 5.74) is 2.39. The fraction of sp³-hybridized carbons (Fsp3) is 0.211. The molecule has 0 unspecified atom stereocenters. The lowest BCUT2D eigenvalue weighted by Gasteiger charge is -2.14. The Kier molecular flexibility index (Phi) is 6.62. The first-order chi connectivity index (χ1) is 14.3. The summed E-state index contributed by atoms with van der Waals surface area (Å²) in [6, 6.07) is 8.45. The van der Waals surface area contributed by atoms with Crippen molar-refractivity contribution in [3.63, 3.8) is 0 Å². The molecule has 0 atom stereocenters. The lowest BCUT2D eigenvalue weighted by molar-refractivity contribution is 0.324. The number of benzene rings is 2.